The Balaban J connectivity index is 1.53. The molecule has 0 atom stereocenters. The quantitative estimate of drug-likeness (QED) is 0.827. The largest absolute Gasteiger partial charge is 0.444 e. The maximum atomic E-state index is 5.64. The van der Waals surface area contributed by atoms with Crippen LogP contribution in [0.25, 0.3) is 11.5 Å². The van der Waals surface area contributed by atoms with Gasteiger partial charge in [-0.25, -0.2) is 4.98 Å². The fraction of sp³-hybridized carbons (Fsp3) is 0.500. The van der Waals surface area contributed by atoms with Gasteiger partial charge in [-0.05, 0) is 76.1 Å². The van der Waals surface area contributed by atoms with Crippen molar-refractivity contribution in [3.63, 3.8) is 0 Å². The highest BCUT2D eigenvalue weighted by atomic mass is 79.9. The van der Waals surface area contributed by atoms with E-state index in [0.717, 1.165) is 47.8 Å². The second-order valence-electron chi connectivity index (χ2n) is 6.26. The number of rotatable bonds is 6. The van der Waals surface area contributed by atoms with Crippen molar-refractivity contribution < 1.29 is 4.42 Å². The number of hydrogen-bond donors (Lipinski definition) is 1. The van der Waals surface area contributed by atoms with Gasteiger partial charge in [-0.1, -0.05) is 15.9 Å². The summed E-state index contributed by atoms with van der Waals surface area (Å²) in [4.78, 5) is 7.12. The van der Waals surface area contributed by atoms with E-state index in [1.54, 1.807) is 6.26 Å². The highest BCUT2D eigenvalue weighted by Gasteiger charge is 2.19. The van der Waals surface area contributed by atoms with Crippen LogP contribution in [0.4, 0.5) is 0 Å². The maximum Gasteiger partial charge on any atom is 0.226 e. The molecule has 1 aliphatic heterocycles. The Morgan fingerprint density at radius 1 is 1.26 bits per heavy atom. The minimum Gasteiger partial charge on any atom is -0.444 e. The molecule has 2 heterocycles. The Kier molecular flexibility index (Phi) is 5.86. The predicted molar refractivity (Wildman–Crippen MR) is 96.2 cm³/mol. The first-order chi connectivity index (χ1) is 11.2. The number of nitrogens with one attached hydrogen (secondary N) is 1. The van der Waals surface area contributed by atoms with E-state index in [-0.39, 0.29) is 0 Å². The summed E-state index contributed by atoms with van der Waals surface area (Å²) in [5, 5.41) is 3.25. The molecule has 0 bridgehead atoms. The van der Waals surface area contributed by atoms with Crippen LogP contribution in [0.2, 0.25) is 0 Å². The van der Waals surface area contributed by atoms with Crippen molar-refractivity contribution in [1.29, 1.82) is 0 Å². The van der Waals surface area contributed by atoms with Gasteiger partial charge in [-0.15, -0.1) is 0 Å². The molecule has 1 aliphatic rings. The lowest BCUT2D eigenvalue weighted by molar-refractivity contribution is 0.170. The molecule has 5 heteroatoms. The van der Waals surface area contributed by atoms with E-state index in [0.29, 0.717) is 5.89 Å². The molecule has 0 aliphatic carbocycles. The summed E-state index contributed by atoms with van der Waals surface area (Å²) < 4.78 is 6.71. The predicted octanol–water partition coefficient (Wildman–Crippen LogP) is 3.93. The molecule has 0 unspecified atom stereocenters. The van der Waals surface area contributed by atoms with Crippen LogP contribution in [-0.2, 0) is 6.54 Å². The monoisotopic (exact) mass is 377 g/mol. The molecule has 124 valence electrons. The second-order valence-corrected chi connectivity index (χ2v) is 7.18. The van der Waals surface area contributed by atoms with Crippen molar-refractivity contribution in [2.24, 2.45) is 5.92 Å². The molecule has 0 amide bonds. The minimum absolute atomic E-state index is 0.705. The van der Waals surface area contributed by atoms with Crippen LogP contribution in [0.15, 0.2) is 39.4 Å². The molecule has 4 nitrogen and oxygen atoms in total. The van der Waals surface area contributed by atoms with Crippen molar-refractivity contribution in [2.45, 2.75) is 25.8 Å². The average Bonchev–Trinajstić information content (AvgIpc) is 3.03. The van der Waals surface area contributed by atoms with E-state index in [2.05, 4.69) is 31.1 Å². The summed E-state index contributed by atoms with van der Waals surface area (Å²) in [6, 6.07) is 8.06. The minimum atomic E-state index is 0.705. The number of likely N-dealkylation sites (tertiary alicyclic amines) is 1. The topological polar surface area (TPSA) is 41.3 Å². The molecule has 0 spiro atoms. The molecule has 0 radical (unpaired) electrons. The van der Waals surface area contributed by atoms with Crippen LogP contribution in [0.5, 0.6) is 0 Å². The zero-order chi connectivity index (χ0) is 16.1. The summed E-state index contributed by atoms with van der Waals surface area (Å²) in [6.45, 7) is 4.34. The lowest BCUT2D eigenvalue weighted by atomic mass is 9.93. The second kappa shape index (κ2) is 8.08. The van der Waals surface area contributed by atoms with Crippen LogP contribution >= 0.6 is 15.9 Å². The van der Waals surface area contributed by atoms with Crippen LogP contribution in [-0.4, -0.2) is 36.6 Å². The van der Waals surface area contributed by atoms with Crippen LogP contribution in [0.3, 0.4) is 0 Å². The first kappa shape index (κ1) is 16.7. The van der Waals surface area contributed by atoms with Crippen molar-refractivity contribution in [1.82, 2.24) is 15.2 Å². The maximum absolute atomic E-state index is 5.64. The smallest absolute Gasteiger partial charge is 0.226 e. The number of aromatic nitrogens is 1. The number of nitrogens with zero attached hydrogens (tertiary/aromatic N) is 2. The third kappa shape index (κ3) is 4.66. The Labute approximate surface area is 146 Å². The van der Waals surface area contributed by atoms with E-state index in [4.69, 9.17) is 4.42 Å². The molecule has 0 saturated carbocycles. The van der Waals surface area contributed by atoms with E-state index >= 15 is 0 Å². The van der Waals surface area contributed by atoms with Gasteiger partial charge in [0.05, 0.1) is 5.69 Å². The summed E-state index contributed by atoms with van der Waals surface area (Å²) in [6.07, 6.45) is 5.67. The number of piperidine rings is 1. The Bertz CT molecular complexity index is 603. The molecule has 1 N–H and O–H groups in total. The Morgan fingerprint density at radius 3 is 2.70 bits per heavy atom. The molecule has 2 aromatic rings. The zero-order valence-corrected chi connectivity index (χ0v) is 15.2. The first-order valence-corrected chi connectivity index (χ1v) is 9.11. The van der Waals surface area contributed by atoms with E-state index in [9.17, 15) is 0 Å². The number of oxazole rings is 1. The van der Waals surface area contributed by atoms with Gasteiger partial charge < -0.3 is 9.73 Å². The third-order valence-corrected chi connectivity index (χ3v) is 5.07. The standard InChI is InChI=1S/C18H24BrN3O/c1-20-9-6-14-7-10-22(11-8-14)12-17-13-23-18(21-17)15-2-4-16(19)5-3-15/h2-5,13-14,20H,6-12H2,1H3. The average molecular weight is 378 g/mol. The molecule has 1 fully saturated rings. The van der Waals surface area contributed by atoms with Crippen molar-refractivity contribution >= 4 is 15.9 Å². The highest BCUT2D eigenvalue weighted by Crippen LogP contribution is 2.24. The fourth-order valence-electron chi connectivity index (χ4n) is 3.12. The van der Waals surface area contributed by atoms with Gasteiger partial charge in [0, 0.05) is 16.6 Å². The van der Waals surface area contributed by atoms with Gasteiger partial charge >= 0.3 is 0 Å². The fourth-order valence-corrected chi connectivity index (χ4v) is 3.38. The molecule has 1 aromatic heterocycles. The van der Waals surface area contributed by atoms with Gasteiger partial charge in [0.1, 0.15) is 6.26 Å². The first-order valence-electron chi connectivity index (χ1n) is 8.32. The summed E-state index contributed by atoms with van der Waals surface area (Å²) in [5.41, 5.74) is 2.04. The highest BCUT2D eigenvalue weighted by molar-refractivity contribution is 9.10. The van der Waals surface area contributed by atoms with Crippen LogP contribution < -0.4 is 5.32 Å². The van der Waals surface area contributed by atoms with Crippen LogP contribution in [0, 0.1) is 5.92 Å². The van der Waals surface area contributed by atoms with E-state index in [1.165, 1.54) is 19.3 Å². The number of hydrogen-bond acceptors (Lipinski definition) is 4. The Morgan fingerprint density at radius 2 is 2.00 bits per heavy atom. The van der Waals surface area contributed by atoms with Crippen molar-refractivity contribution in [3.8, 4) is 11.5 Å². The van der Waals surface area contributed by atoms with Gasteiger partial charge in [0.15, 0.2) is 0 Å². The zero-order valence-electron chi connectivity index (χ0n) is 13.6. The van der Waals surface area contributed by atoms with Crippen molar-refractivity contribution in [3.05, 3.63) is 40.7 Å². The van der Waals surface area contributed by atoms with E-state index < -0.39 is 0 Å². The molecule has 3 rings (SSSR count). The van der Waals surface area contributed by atoms with Gasteiger partial charge in [0.25, 0.3) is 0 Å². The third-order valence-electron chi connectivity index (χ3n) is 4.54. The summed E-state index contributed by atoms with van der Waals surface area (Å²) >= 11 is 3.45. The normalized spacial score (nSPS) is 16.8. The Hall–Kier alpha value is -1.17. The van der Waals surface area contributed by atoms with Crippen LogP contribution in [0.1, 0.15) is 25.0 Å². The van der Waals surface area contributed by atoms with Gasteiger partial charge in [-0.2, -0.15) is 0 Å². The molecular weight excluding hydrogens is 354 g/mol. The van der Waals surface area contributed by atoms with Gasteiger partial charge in [0.2, 0.25) is 5.89 Å². The molecule has 1 aromatic carbocycles. The van der Waals surface area contributed by atoms with Crippen molar-refractivity contribution in [2.75, 3.05) is 26.7 Å². The number of benzene rings is 1. The van der Waals surface area contributed by atoms with E-state index in [1.807, 2.05) is 31.3 Å². The lowest BCUT2D eigenvalue weighted by Gasteiger charge is -2.31. The molecule has 23 heavy (non-hydrogen) atoms. The summed E-state index contributed by atoms with van der Waals surface area (Å²) in [5.74, 6) is 1.57. The summed E-state index contributed by atoms with van der Waals surface area (Å²) in [7, 11) is 2.03. The number of halogens is 1. The van der Waals surface area contributed by atoms with Gasteiger partial charge in [-0.3, -0.25) is 4.90 Å². The lowest BCUT2D eigenvalue weighted by Crippen LogP contribution is -2.34. The molecular formula is C18H24BrN3O. The SMILES string of the molecule is CNCCC1CCN(Cc2coc(-c3ccc(Br)cc3)n2)CC1. The molecule has 1 saturated heterocycles.